The highest BCUT2D eigenvalue weighted by atomic mass is 32.2. The van der Waals surface area contributed by atoms with Gasteiger partial charge in [0, 0.05) is 12.4 Å². The van der Waals surface area contributed by atoms with Gasteiger partial charge in [-0.15, -0.1) is 0 Å². The smallest absolute Gasteiger partial charge is 0.279 e. The third-order valence-electron chi connectivity index (χ3n) is 1.14. The minimum atomic E-state index is -5.84. The fraction of sp³-hybridized carbons (Fsp3) is 0.286. The number of aromatic nitrogens is 1. The second-order valence-electron chi connectivity index (χ2n) is 2.45. The molecule has 1 aromatic rings. The van der Waals surface area contributed by atoms with Gasteiger partial charge in [-0.2, -0.15) is 21.6 Å². The molecule has 0 radical (unpaired) electrons. The first-order chi connectivity index (χ1) is 6.64. The lowest BCUT2D eigenvalue weighted by molar-refractivity contribution is -0.0510. The van der Waals surface area contributed by atoms with Gasteiger partial charge in [0.05, 0.1) is 0 Å². The highest BCUT2D eigenvalue weighted by Gasteiger charge is 2.44. The number of hydrogen-bond acceptors (Lipinski definition) is 3. The Balaban J connectivity index is 0.000000262. The number of halogens is 3. The molecular weight excluding hydrogens is 235 g/mol. The van der Waals surface area contributed by atoms with E-state index < -0.39 is 15.6 Å². The summed E-state index contributed by atoms with van der Waals surface area (Å²) in [5.41, 5.74) is -4.28. The van der Waals surface area contributed by atoms with Crippen LogP contribution in [-0.4, -0.2) is 23.5 Å². The number of rotatable bonds is 0. The maximum absolute atomic E-state index is 10.7. The molecule has 8 heteroatoms. The van der Waals surface area contributed by atoms with Crippen LogP contribution < -0.4 is 0 Å². The van der Waals surface area contributed by atoms with Gasteiger partial charge in [-0.3, -0.25) is 9.54 Å². The van der Waals surface area contributed by atoms with E-state index in [1.54, 1.807) is 12.4 Å². The Morgan fingerprint density at radius 3 is 1.73 bits per heavy atom. The molecule has 0 bridgehead atoms. The number of hydrogen-bond donors (Lipinski definition) is 1. The molecule has 0 aromatic carbocycles. The van der Waals surface area contributed by atoms with Crippen LogP contribution in [0, 0.1) is 6.92 Å². The number of aryl methyl sites for hydroxylation is 1. The molecule has 0 saturated carbocycles. The van der Waals surface area contributed by atoms with Gasteiger partial charge in [-0.05, 0) is 24.6 Å². The molecule has 0 spiro atoms. The molecule has 0 atom stereocenters. The molecule has 4 nitrogen and oxygen atoms in total. The van der Waals surface area contributed by atoms with Crippen LogP contribution in [0.1, 0.15) is 5.56 Å². The largest absolute Gasteiger partial charge is 0.522 e. The van der Waals surface area contributed by atoms with Crippen LogP contribution in [0.15, 0.2) is 24.5 Å². The molecule has 0 aliphatic carbocycles. The van der Waals surface area contributed by atoms with Crippen LogP contribution in [0.25, 0.3) is 0 Å². The van der Waals surface area contributed by atoms with Gasteiger partial charge in [-0.1, -0.05) is 0 Å². The monoisotopic (exact) mass is 243 g/mol. The van der Waals surface area contributed by atoms with E-state index in [0.717, 1.165) is 0 Å². The molecular formula is C7H8F3NO3S. The average molecular weight is 243 g/mol. The molecule has 0 aliphatic heterocycles. The maximum atomic E-state index is 10.7. The van der Waals surface area contributed by atoms with Crippen LogP contribution in [0.4, 0.5) is 13.2 Å². The van der Waals surface area contributed by atoms with E-state index >= 15 is 0 Å². The van der Waals surface area contributed by atoms with Gasteiger partial charge in [0.25, 0.3) is 0 Å². The van der Waals surface area contributed by atoms with Gasteiger partial charge >= 0.3 is 15.6 Å². The van der Waals surface area contributed by atoms with E-state index in [4.69, 9.17) is 13.0 Å². The van der Waals surface area contributed by atoms with Crippen molar-refractivity contribution in [1.82, 2.24) is 4.98 Å². The molecule has 1 aromatic heterocycles. The van der Waals surface area contributed by atoms with E-state index in [1.807, 2.05) is 19.1 Å². The predicted octanol–water partition coefficient (Wildman–Crippen LogP) is 1.78. The van der Waals surface area contributed by atoms with Gasteiger partial charge in [0.2, 0.25) is 0 Å². The second kappa shape index (κ2) is 5.08. The summed E-state index contributed by atoms with van der Waals surface area (Å²) < 4.78 is 57.5. The normalized spacial score (nSPS) is 11.5. The van der Waals surface area contributed by atoms with E-state index in [1.165, 1.54) is 5.56 Å². The van der Waals surface area contributed by atoms with Gasteiger partial charge in [0.15, 0.2) is 0 Å². The highest BCUT2D eigenvalue weighted by Crippen LogP contribution is 2.20. The SMILES string of the molecule is Cc1ccncc1.O=S(=O)(O)C(F)(F)F. The lowest BCUT2D eigenvalue weighted by Crippen LogP contribution is -2.21. The molecule has 0 amide bonds. The molecule has 15 heavy (non-hydrogen) atoms. The summed E-state index contributed by atoms with van der Waals surface area (Å²) in [5, 5.41) is 0. The zero-order valence-corrected chi connectivity index (χ0v) is 8.38. The molecule has 0 fully saturated rings. The van der Waals surface area contributed by atoms with Crippen molar-refractivity contribution in [2.24, 2.45) is 0 Å². The van der Waals surface area contributed by atoms with Crippen molar-refractivity contribution >= 4 is 10.1 Å². The van der Waals surface area contributed by atoms with Crippen LogP contribution in [0.5, 0.6) is 0 Å². The number of pyridine rings is 1. The van der Waals surface area contributed by atoms with Crippen LogP contribution in [-0.2, 0) is 10.1 Å². The van der Waals surface area contributed by atoms with Crippen molar-refractivity contribution in [3.8, 4) is 0 Å². The van der Waals surface area contributed by atoms with Gasteiger partial charge in [0.1, 0.15) is 0 Å². The Kier molecular flexibility index (Phi) is 4.69. The minimum Gasteiger partial charge on any atom is -0.279 e. The van der Waals surface area contributed by atoms with E-state index in [0.29, 0.717) is 0 Å². The topological polar surface area (TPSA) is 67.3 Å². The molecule has 1 rings (SSSR count). The van der Waals surface area contributed by atoms with Crippen molar-refractivity contribution in [2.45, 2.75) is 12.4 Å². The summed E-state index contributed by atoms with van der Waals surface area (Å²) in [6, 6.07) is 3.94. The molecule has 0 aliphatic rings. The first kappa shape index (κ1) is 13.8. The molecule has 0 unspecified atom stereocenters. The third kappa shape index (κ3) is 6.02. The zero-order chi connectivity index (χ0) is 12.1. The highest BCUT2D eigenvalue weighted by molar-refractivity contribution is 7.86. The summed E-state index contributed by atoms with van der Waals surface area (Å²) in [6.45, 7) is 2.04. The molecule has 1 heterocycles. The Morgan fingerprint density at radius 1 is 1.27 bits per heavy atom. The molecule has 1 N–H and O–H groups in total. The predicted molar refractivity (Wildman–Crippen MR) is 46.6 cm³/mol. The van der Waals surface area contributed by atoms with Crippen molar-refractivity contribution < 1.29 is 26.1 Å². The second-order valence-corrected chi connectivity index (χ2v) is 3.86. The fourth-order valence-corrected chi connectivity index (χ4v) is 0.426. The zero-order valence-electron chi connectivity index (χ0n) is 7.56. The van der Waals surface area contributed by atoms with Crippen LogP contribution >= 0.6 is 0 Å². The average Bonchev–Trinajstić information content (AvgIpc) is 2.02. The third-order valence-corrected chi connectivity index (χ3v) is 1.72. The number of nitrogens with zero attached hydrogens (tertiary/aromatic N) is 1. The van der Waals surface area contributed by atoms with Crippen molar-refractivity contribution in [2.75, 3.05) is 0 Å². The first-order valence-electron chi connectivity index (χ1n) is 3.55. The van der Waals surface area contributed by atoms with Gasteiger partial charge in [-0.25, -0.2) is 0 Å². The fourth-order valence-electron chi connectivity index (χ4n) is 0.426. The quantitative estimate of drug-likeness (QED) is 0.557. The van der Waals surface area contributed by atoms with Crippen LogP contribution in [0.3, 0.4) is 0 Å². The van der Waals surface area contributed by atoms with Crippen molar-refractivity contribution in [3.05, 3.63) is 30.1 Å². The Bertz CT molecular complexity index is 388. The summed E-state index contributed by atoms with van der Waals surface area (Å²) in [6.07, 6.45) is 3.57. The maximum Gasteiger partial charge on any atom is 0.522 e. The van der Waals surface area contributed by atoms with Crippen LogP contribution in [0.2, 0.25) is 0 Å². The van der Waals surface area contributed by atoms with Gasteiger partial charge < -0.3 is 0 Å². The minimum absolute atomic E-state index is 1.26. The first-order valence-corrected chi connectivity index (χ1v) is 4.99. The Hall–Kier alpha value is -1.15. The molecule has 0 saturated heterocycles. The lowest BCUT2D eigenvalue weighted by atomic mass is 10.3. The Morgan fingerprint density at radius 2 is 1.60 bits per heavy atom. The molecule has 86 valence electrons. The summed E-state index contributed by atoms with van der Waals surface area (Å²) in [4.78, 5) is 3.85. The standard InChI is InChI=1S/C6H7N.CHF3O3S/c1-6-2-4-7-5-3-6;2-1(3,4)8(5,6)7/h2-5H,1H3;(H,5,6,7). The summed E-state index contributed by atoms with van der Waals surface area (Å²) in [5.74, 6) is 0. The van der Waals surface area contributed by atoms with Crippen molar-refractivity contribution in [3.63, 3.8) is 0 Å². The summed E-state index contributed by atoms with van der Waals surface area (Å²) >= 11 is 0. The van der Waals surface area contributed by atoms with E-state index in [9.17, 15) is 13.2 Å². The Labute approximate surface area is 84.5 Å². The summed E-state index contributed by atoms with van der Waals surface area (Å²) in [7, 11) is -5.84. The lowest BCUT2D eigenvalue weighted by Gasteiger charge is -1.97. The van der Waals surface area contributed by atoms with E-state index in [2.05, 4.69) is 4.98 Å². The van der Waals surface area contributed by atoms with E-state index in [-0.39, 0.29) is 0 Å². The van der Waals surface area contributed by atoms with Crippen molar-refractivity contribution in [1.29, 1.82) is 0 Å². The number of alkyl halides is 3.